The molecule has 0 nitrogen and oxygen atoms in total. The minimum atomic E-state index is 0.208. The zero-order valence-corrected chi connectivity index (χ0v) is 7.92. The molecule has 0 saturated carbocycles. The molecule has 44 valence electrons. The molecule has 2 unspecified atom stereocenters. The fraction of sp³-hybridized carbons (Fsp3) is 1.00. The molecule has 0 heterocycles. The third-order valence-corrected chi connectivity index (χ3v) is 3.19. The van der Waals surface area contributed by atoms with Crippen molar-refractivity contribution in [2.45, 2.75) is 17.1 Å². The molecule has 0 aromatic rings. The highest BCUT2D eigenvalue weighted by Gasteiger charge is 2.06. The predicted molar refractivity (Wildman–Crippen MR) is 41.8 cm³/mol. The van der Waals surface area contributed by atoms with Crippen molar-refractivity contribution in [2.24, 2.45) is 0 Å². The highest BCUT2D eigenvalue weighted by molar-refractivity contribution is 9.10. The molecular formula is C4H7Br2Cl. The van der Waals surface area contributed by atoms with E-state index in [1.54, 1.807) is 0 Å². The first-order valence-electron chi connectivity index (χ1n) is 2.02. The molecule has 7 heavy (non-hydrogen) atoms. The van der Waals surface area contributed by atoms with Crippen LogP contribution < -0.4 is 0 Å². The molecule has 0 amide bonds. The van der Waals surface area contributed by atoms with Crippen molar-refractivity contribution < 1.29 is 0 Å². The summed E-state index contributed by atoms with van der Waals surface area (Å²) in [4.78, 5) is 0.397. The molecule has 0 aliphatic rings. The van der Waals surface area contributed by atoms with Gasteiger partial charge in [-0.25, -0.2) is 0 Å². The van der Waals surface area contributed by atoms with Gasteiger partial charge in [-0.1, -0.05) is 38.8 Å². The Kier molecular flexibility index (Phi) is 4.90. The highest BCUT2D eigenvalue weighted by atomic mass is 79.9. The van der Waals surface area contributed by atoms with E-state index in [0.717, 1.165) is 5.33 Å². The van der Waals surface area contributed by atoms with Crippen molar-refractivity contribution in [1.29, 1.82) is 0 Å². The number of halogens is 3. The summed E-state index contributed by atoms with van der Waals surface area (Å²) in [7, 11) is 0. The van der Waals surface area contributed by atoms with Crippen LogP contribution in [-0.2, 0) is 0 Å². The molecule has 0 radical (unpaired) electrons. The zero-order valence-electron chi connectivity index (χ0n) is 4.00. The molecule has 0 fully saturated rings. The molecule has 0 saturated heterocycles. The van der Waals surface area contributed by atoms with Gasteiger partial charge in [0.2, 0.25) is 0 Å². The van der Waals surface area contributed by atoms with Crippen LogP contribution in [0.25, 0.3) is 0 Å². The molecule has 0 aromatic heterocycles. The maximum absolute atomic E-state index is 5.71. The highest BCUT2D eigenvalue weighted by Crippen LogP contribution is 2.12. The fourth-order valence-corrected chi connectivity index (χ4v) is 1.37. The fourth-order valence-electron chi connectivity index (χ4n) is 0.123. The normalized spacial score (nSPS) is 18.9. The molecule has 0 aliphatic carbocycles. The van der Waals surface area contributed by atoms with Crippen LogP contribution in [-0.4, -0.2) is 15.5 Å². The van der Waals surface area contributed by atoms with Crippen molar-refractivity contribution in [3.63, 3.8) is 0 Å². The van der Waals surface area contributed by atoms with Crippen LogP contribution in [0.5, 0.6) is 0 Å². The molecule has 0 bridgehead atoms. The van der Waals surface area contributed by atoms with Gasteiger partial charge < -0.3 is 0 Å². The number of hydrogen-bond donors (Lipinski definition) is 0. The SMILES string of the molecule is CC(Br)C(Cl)CBr. The van der Waals surface area contributed by atoms with E-state index in [0.29, 0.717) is 4.83 Å². The Balaban J connectivity index is 3.14. The first-order chi connectivity index (χ1) is 3.18. The van der Waals surface area contributed by atoms with E-state index in [1.807, 2.05) is 6.92 Å². The van der Waals surface area contributed by atoms with Gasteiger partial charge >= 0.3 is 0 Å². The molecule has 0 aliphatic heterocycles. The van der Waals surface area contributed by atoms with E-state index >= 15 is 0 Å². The van der Waals surface area contributed by atoms with Crippen LogP contribution in [0.15, 0.2) is 0 Å². The van der Waals surface area contributed by atoms with Crippen LogP contribution >= 0.6 is 43.5 Å². The Morgan fingerprint density at radius 1 is 1.71 bits per heavy atom. The zero-order chi connectivity index (χ0) is 5.86. The van der Waals surface area contributed by atoms with E-state index in [2.05, 4.69) is 31.9 Å². The van der Waals surface area contributed by atoms with Crippen LogP contribution in [0.3, 0.4) is 0 Å². The van der Waals surface area contributed by atoms with E-state index in [4.69, 9.17) is 11.6 Å². The molecular weight excluding hydrogens is 243 g/mol. The summed E-state index contributed by atoms with van der Waals surface area (Å²) in [5.74, 6) is 0. The third kappa shape index (κ3) is 3.80. The number of rotatable bonds is 2. The topological polar surface area (TPSA) is 0 Å². The first-order valence-corrected chi connectivity index (χ1v) is 4.50. The van der Waals surface area contributed by atoms with Crippen molar-refractivity contribution in [2.75, 3.05) is 5.33 Å². The van der Waals surface area contributed by atoms with Crippen molar-refractivity contribution in [3.05, 3.63) is 0 Å². The molecule has 0 spiro atoms. The first kappa shape index (κ1) is 8.25. The van der Waals surface area contributed by atoms with Gasteiger partial charge in [0.05, 0.1) is 5.38 Å². The Hall–Kier alpha value is 1.25. The summed E-state index contributed by atoms with van der Waals surface area (Å²) in [6.45, 7) is 2.03. The summed E-state index contributed by atoms with van der Waals surface area (Å²) >= 11 is 12.3. The molecule has 2 atom stereocenters. The predicted octanol–water partition coefficient (Wildman–Crippen LogP) is 2.77. The maximum Gasteiger partial charge on any atom is 0.0555 e. The van der Waals surface area contributed by atoms with Crippen LogP contribution in [0, 0.1) is 0 Å². The van der Waals surface area contributed by atoms with Crippen LogP contribution in [0.1, 0.15) is 6.92 Å². The Bertz CT molecular complexity index is 47.0. The van der Waals surface area contributed by atoms with Crippen molar-refractivity contribution in [3.8, 4) is 0 Å². The molecule has 0 aromatic carbocycles. The quantitative estimate of drug-likeness (QED) is 0.661. The number of alkyl halides is 3. The van der Waals surface area contributed by atoms with Gasteiger partial charge in [0.1, 0.15) is 0 Å². The van der Waals surface area contributed by atoms with Gasteiger partial charge in [-0.05, 0) is 0 Å². The lowest BCUT2D eigenvalue weighted by atomic mass is 10.4. The maximum atomic E-state index is 5.71. The smallest absolute Gasteiger partial charge is 0.0555 e. The van der Waals surface area contributed by atoms with Gasteiger partial charge in [0.15, 0.2) is 0 Å². The lowest BCUT2D eigenvalue weighted by molar-refractivity contribution is 0.948. The average Bonchev–Trinajstić information content (AvgIpc) is 1.65. The van der Waals surface area contributed by atoms with Gasteiger partial charge in [-0.2, -0.15) is 0 Å². The van der Waals surface area contributed by atoms with E-state index < -0.39 is 0 Å². The standard InChI is InChI=1S/C4H7Br2Cl/c1-3(6)4(7)2-5/h3-4H,2H2,1H3. The van der Waals surface area contributed by atoms with Crippen LogP contribution in [0.2, 0.25) is 0 Å². The largest absolute Gasteiger partial charge is 0.121 e. The third-order valence-electron chi connectivity index (χ3n) is 0.646. The van der Waals surface area contributed by atoms with Gasteiger partial charge in [-0.3, -0.25) is 0 Å². The summed E-state index contributed by atoms with van der Waals surface area (Å²) in [6, 6.07) is 0. The summed E-state index contributed by atoms with van der Waals surface area (Å²) < 4.78 is 0. The Morgan fingerprint density at radius 3 is 2.14 bits per heavy atom. The molecule has 0 rings (SSSR count). The molecule has 3 heteroatoms. The van der Waals surface area contributed by atoms with E-state index in [-0.39, 0.29) is 5.38 Å². The number of hydrogen-bond acceptors (Lipinski definition) is 0. The van der Waals surface area contributed by atoms with Crippen molar-refractivity contribution >= 4 is 43.5 Å². The Morgan fingerprint density at radius 2 is 2.14 bits per heavy atom. The minimum Gasteiger partial charge on any atom is -0.121 e. The lowest BCUT2D eigenvalue weighted by Gasteiger charge is -2.05. The second-order valence-electron chi connectivity index (χ2n) is 1.35. The summed E-state index contributed by atoms with van der Waals surface area (Å²) in [5, 5.41) is 1.06. The van der Waals surface area contributed by atoms with E-state index in [9.17, 15) is 0 Å². The lowest BCUT2D eigenvalue weighted by Crippen LogP contribution is -2.10. The second-order valence-corrected chi connectivity index (χ2v) is 4.00. The van der Waals surface area contributed by atoms with Crippen molar-refractivity contribution in [1.82, 2.24) is 0 Å². The summed E-state index contributed by atoms with van der Waals surface area (Å²) in [6.07, 6.45) is 0. The Labute approximate surface area is 65.9 Å². The van der Waals surface area contributed by atoms with E-state index in [1.165, 1.54) is 0 Å². The molecule has 0 N–H and O–H groups in total. The van der Waals surface area contributed by atoms with Gasteiger partial charge in [0.25, 0.3) is 0 Å². The monoisotopic (exact) mass is 248 g/mol. The average molecular weight is 250 g/mol. The van der Waals surface area contributed by atoms with Gasteiger partial charge in [-0.15, -0.1) is 11.6 Å². The second kappa shape index (κ2) is 4.16. The summed E-state index contributed by atoms with van der Waals surface area (Å²) in [5.41, 5.74) is 0. The van der Waals surface area contributed by atoms with Gasteiger partial charge in [0, 0.05) is 10.2 Å². The minimum absolute atomic E-state index is 0.208. The van der Waals surface area contributed by atoms with Crippen LogP contribution in [0.4, 0.5) is 0 Å².